The highest BCUT2D eigenvalue weighted by Crippen LogP contribution is 2.64. The van der Waals surface area contributed by atoms with Gasteiger partial charge in [0.1, 0.15) is 12.4 Å². The average molecular weight is 401 g/mol. The minimum Gasteiger partial charge on any atom is -0.390 e. The molecule has 0 aromatic carbocycles. The zero-order valence-electron chi connectivity index (χ0n) is 18.2. The molecule has 5 rings (SSSR count). The number of hydrogen-bond donors (Lipinski definition) is 1. The molecule has 3 unspecified atom stereocenters. The Hall–Kier alpha value is -1.30. The summed E-state index contributed by atoms with van der Waals surface area (Å²) in [5.41, 5.74) is -0.302. The number of aliphatic hydroxyl groups is 1. The van der Waals surface area contributed by atoms with Crippen LogP contribution in [0.25, 0.3) is 0 Å². The Kier molecular flexibility index (Phi) is 4.65. The van der Waals surface area contributed by atoms with Crippen molar-refractivity contribution in [1.29, 1.82) is 0 Å². The number of nitrogens with zero attached hydrogens (tertiary/aromatic N) is 4. The van der Waals surface area contributed by atoms with Crippen molar-refractivity contribution in [3.63, 3.8) is 0 Å². The summed E-state index contributed by atoms with van der Waals surface area (Å²) in [7, 11) is 0. The number of aryl methyl sites for hydroxylation is 1. The minimum absolute atomic E-state index is 0.146. The summed E-state index contributed by atoms with van der Waals surface area (Å²) >= 11 is 0. The second kappa shape index (κ2) is 6.86. The number of Topliss-reactive ketones (excluding diaryl/α,β-unsaturated/α-hetero) is 1. The zero-order valence-corrected chi connectivity index (χ0v) is 18.2. The molecule has 8 atom stereocenters. The van der Waals surface area contributed by atoms with Gasteiger partial charge in [-0.05, 0) is 117 Å². The molecule has 1 N–H and O–H groups in total. The highest BCUT2D eigenvalue weighted by atomic mass is 16.3. The van der Waals surface area contributed by atoms with E-state index in [-0.39, 0.29) is 11.3 Å². The number of hydrogen-bond acceptors (Lipinski definition) is 5. The van der Waals surface area contributed by atoms with Crippen molar-refractivity contribution in [3.8, 4) is 0 Å². The summed E-state index contributed by atoms with van der Waals surface area (Å²) in [6.07, 6.45) is 10.4. The second-order valence-corrected chi connectivity index (χ2v) is 11.2. The Bertz CT molecular complexity index is 790. The molecule has 0 radical (unpaired) electrons. The van der Waals surface area contributed by atoms with Crippen LogP contribution in [0.3, 0.4) is 0 Å². The van der Waals surface area contributed by atoms with E-state index >= 15 is 0 Å². The van der Waals surface area contributed by atoms with E-state index in [0.717, 1.165) is 37.0 Å². The number of aromatic nitrogens is 4. The van der Waals surface area contributed by atoms with Gasteiger partial charge >= 0.3 is 0 Å². The Morgan fingerprint density at radius 3 is 2.62 bits per heavy atom. The first-order chi connectivity index (χ1) is 13.8. The Morgan fingerprint density at radius 1 is 1.07 bits per heavy atom. The molecule has 0 saturated heterocycles. The van der Waals surface area contributed by atoms with Gasteiger partial charge in [-0.15, -0.1) is 5.10 Å². The van der Waals surface area contributed by atoms with Crippen molar-refractivity contribution in [2.75, 3.05) is 0 Å². The van der Waals surface area contributed by atoms with Crippen LogP contribution < -0.4 is 0 Å². The van der Waals surface area contributed by atoms with E-state index in [0.29, 0.717) is 30.0 Å². The highest BCUT2D eigenvalue weighted by molar-refractivity contribution is 5.82. The largest absolute Gasteiger partial charge is 0.390 e. The van der Waals surface area contributed by atoms with Crippen molar-refractivity contribution in [2.24, 2.45) is 40.9 Å². The summed E-state index contributed by atoms with van der Waals surface area (Å²) in [6, 6.07) is 0. The van der Waals surface area contributed by atoms with Gasteiger partial charge in [0.15, 0.2) is 5.78 Å². The number of carbonyl (C=O) groups is 1. The summed E-state index contributed by atoms with van der Waals surface area (Å²) in [6.45, 7) is 6.62. The fraction of sp³-hybridized carbons (Fsp3) is 0.913. The first kappa shape index (κ1) is 19.7. The molecule has 1 heterocycles. The molecule has 4 fully saturated rings. The molecular weight excluding hydrogens is 364 g/mol. The first-order valence-corrected chi connectivity index (χ1v) is 11.8. The number of ketones is 1. The van der Waals surface area contributed by atoms with E-state index < -0.39 is 5.60 Å². The van der Waals surface area contributed by atoms with E-state index in [1.807, 2.05) is 13.8 Å². The van der Waals surface area contributed by atoms with Gasteiger partial charge in [-0.2, -0.15) is 0 Å². The SMILES string of the molecule is Cc1nnnn1CC(=O)[C@H]1CC[C@H]2C3CC[C@H]4C[C@](C)(O)CCC4[C@H]3CCC12C. The van der Waals surface area contributed by atoms with Gasteiger partial charge in [-0.3, -0.25) is 4.79 Å². The van der Waals surface area contributed by atoms with Crippen LogP contribution in [0.5, 0.6) is 0 Å². The minimum atomic E-state index is -0.448. The summed E-state index contributed by atoms with van der Waals surface area (Å²) in [5, 5.41) is 22.2. The third-order valence-electron chi connectivity index (χ3n) is 9.64. The third-order valence-corrected chi connectivity index (χ3v) is 9.64. The molecule has 0 bridgehead atoms. The third kappa shape index (κ3) is 3.17. The van der Waals surface area contributed by atoms with Gasteiger partial charge in [0.25, 0.3) is 0 Å². The molecule has 4 aliphatic carbocycles. The topological polar surface area (TPSA) is 80.9 Å². The Morgan fingerprint density at radius 2 is 1.86 bits per heavy atom. The molecule has 4 aliphatic rings. The molecule has 1 aromatic rings. The van der Waals surface area contributed by atoms with Crippen molar-refractivity contribution >= 4 is 5.78 Å². The van der Waals surface area contributed by atoms with Crippen molar-refractivity contribution in [3.05, 3.63) is 5.82 Å². The lowest BCUT2D eigenvalue weighted by molar-refractivity contribution is -0.133. The second-order valence-electron chi connectivity index (χ2n) is 11.2. The van der Waals surface area contributed by atoms with Crippen LogP contribution in [-0.4, -0.2) is 36.7 Å². The lowest BCUT2D eigenvalue weighted by Gasteiger charge is -2.56. The van der Waals surface area contributed by atoms with Gasteiger partial charge < -0.3 is 5.11 Å². The number of fused-ring (bicyclic) bond motifs is 5. The highest BCUT2D eigenvalue weighted by Gasteiger charge is 2.58. The molecular formula is C23H36N4O2. The van der Waals surface area contributed by atoms with Crippen molar-refractivity contribution in [2.45, 2.75) is 90.7 Å². The molecule has 0 amide bonds. The molecule has 160 valence electrons. The predicted molar refractivity (Wildman–Crippen MR) is 109 cm³/mol. The van der Waals surface area contributed by atoms with Crippen molar-refractivity contribution < 1.29 is 9.90 Å². The lowest BCUT2D eigenvalue weighted by Crippen LogP contribution is -2.51. The predicted octanol–water partition coefficient (Wildman–Crippen LogP) is 3.57. The number of tetrazole rings is 1. The van der Waals surface area contributed by atoms with E-state index in [9.17, 15) is 9.90 Å². The first-order valence-electron chi connectivity index (χ1n) is 11.8. The van der Waals surface area contributed by atoms with Crippen LogP contribution in [0.2, 0.25) is 0 Å². The fourth-order valence-electron chi connectivity index (χ4n) is 8.26. The van der Waals surface area contributed by atoms with Gasteiger partial charge in [-0.1, -0.05) is 6.92 Å². The van der Waals surface area contributed by atoms with E-state index in [4.69, 9.17) is 0 Å². The number of rotatable bonds is 3. The summed E-state index contributed by atoms with van der Waals surface area (Å²) in [5.74, 6) is 5.00. The zero-order chi connectivity index (χ0) is 20.4. The fourth-order valence-corrected chi connectivity index (χ4v) is 8.26. The Balaban J connectivity index is 1.32. The maximum absolute atomic E-state index is 13.2. The lowest BCUT2D eigenvalue weighted by atomic mass is 9.49. The van der Waals surface area contributed by atoms with E-state index in [1.165, 1.54) is 38.5 Å². The maximum atomic E-state index is 13.2. The Labute approximate surface area is 173 Å². The molecule has 0 aliphatic heterocycles. The van der Waals surface area contributed by atoms with Crippen LogP contribution >= 0.6 is 0 Å². The van der Waals surface area contributed by atoms with E-state index in [2.05, 4.69) is 22.4 Å². The van der Waals surface area contributed by atoms with Crippen LogP contribution in [0.1, 0.15) is 77.5 Å². The molecule has 4 saturated carbocycles. The normalized spacial score (nSPS) is 46.6. The maximum Gasteiger partial charge on any atom is 0.158 e. The van der Waals surface area contributed by atoms with Crippen LogP contribution in [0.15, 0.2) is 0 Å². The molecule has 6 nitrogen and oxygen atoms in total. The molecule has 6 heteroatoms. The molecule has 1 aromatic heterocycles. The standard InChI is InChI=1S/C23H36N4O2/c1-14-24-25-26-27(14)13-21(28)20-7-6-19-18-5-4-15-12-22(2,29)10-8-16(15)17(18)9-11-23(19,20)3/h15-20,29H,4-13H2,1-3H3/t15-,16?,17+,18?,19-,20+,22+,23?/m0/s1. The average Bonchev–Trinajstić information content (AvgIpc) is 3.23. The van der Waals surface area contributed by atoms with Gasteiger partial charge in [0.05, 0.1) is 5.60 Å². The van der Waals surface area contributed by atoms with Gasteiger partial charge in [0.2, 0.25) is 0 Å². The van der Waals surface area contributed by atoms with Crippen molar-refractivity contribution in [1.82, 2.24) is 20.2 Å². The van der Waals surface area contributed by atoms with Gasteiger partial charge in [-0.25, -0.2) is 4.68 Å². The van der Waals surface area contributed by atoms with Crippen LogP contribution in [-0.2, 0) is 11.3 Å². The molecule has 29 heavy (non-hydrogen) atoms. The smallest absolute Gasteiger partial charge is 0.158 e. The molecule has 0 spiro atoms. The van der Waals surface area contributed by atoms with Crippen LogP contribution in [0.4, 0.5) is 0 Å². The quantitative estimate of drug-likeness (QED) is 0.839. The van der Waals surface area contributed by atoms with Gasteiger partial charge in [0, 0.05) is 5.92 Å². The monoisotopic (exact) mass is 400 g/mol. The van der Waals surface area contributed by atoms with E-state index in [1.54, 1.807) is 4.68 Å². The summed E-state index contributed by atoms with van der Waals surface area (Å²) < 4.78 is 1.66. The summed E-state index contributed by atoms with van der Waals surface area (Å²) in [4.78, 5) is 13.2. The number of carbonyl (C=O) groups excluding carboxylic acids is 1. The van der Waals surface area contributed by atoms with Crippen LogP contribution in [0, 0.1) is 47.8 Å².